The number of rotatable bonds is 6. The predicted octanol–water partition coefficient (Wildman–Crippen LogP) is 0.411. The van der Waals surface area contributed by atoms with E-state index in [9.17, 15) is 14.0 Å². The molecule has 2 atom stereocenters. The van der Waals surface area contributed by atoms with E-state index in [0.29, 0.717) is 13.0 Å². The molecule has 2 unspecified atom stereocenters. The van der Waals surface area contributed by atoms with Crippen molar-refractivity contribution >= 4 is 17.5 Å². The lowest BCUT2D eigenvalue weighted by molar-refractivity contribution is -0.128. The highest BCUT2D eigenvalue weighted by atomic mass is 19.1. The maximum absolute atomic E-state index is 13.8. The van der Waals surface area contributed by atoms with Crippen molar-refractivity contribution in [2.24, 2.45) is 5.73 Å². The molecule has 0 bridgehead atoms. The Bertz CT molecular complexity index is 549. The summed E-state index contributed by atoms with van der Waals surface area (Å²) in [5.41, 5.74) is 5.70. The van der Waals surface area contributed by atoms with Crippen molar-refractivity contribution in [3.8, 4) is 0 Å². The van der Waals surface area contributed by atoms with E-state index in [1.54, 1.807) is 18.2 Å². The molecule has 0 aromatic heterocycles. The van der Waals surface area contributed by atoms with Crippen molar-refractivity contribution in [3.63, 3.8) is 0 Å². The number of nitrogens with two attached hydrogens (primary N) is 1. The van der Waals surface area contributed by atoms with Crippen molar-refractivity contribution in [1.29, 1.82) is 0 Å². The first kappa shape index (κ1) is 16.4. The minimum Gasteiger partial charge on any atom is -0.380 e. The van der Waals surface area contributed by atoms with Crippen LogP contribution in [0.1, 0.15) is 12.8 Å². The third kappa shape index (κ3) is 3.61. The number of hydrogen-bond donors (Lipinski definition) is 2. The van der Waals surface area contributed by atoms with E-state index in [4.69, 9.17) is 10.5 Å². The highest BCUT2D eigenvalue weighted by molar-refractivity contribution is 6.01. The number of anilines is 1. The van der Waals surface area contributed by atoms with Gasteiger partial charge in [-0.15, -0.1) is 0 Å². The topological polar surface area (TPSA) is 84.7 Å². The minimum absolute atomic E-state index is 0.0937. The Morgan fingerprint density at radius 3 is 2.91 bits per heavy atom. The van der Waals surface area contributed by atoms with Crippen LogP contribution in [0.3, 0.4) is 0 Å². The molecule has 2 amide bonds. The maximum Gasteiger partial charge on any atom is 0.249 e. The molecule has 1 aromatic rings. The standard InChI is InChI=1S/C15H20FN3O3/c1-22-10(9-17)8-14(20)18-12-6-7-19(15(12)21)13-5-3-2-4-11(13)16/h2-5,10,12H,6-9,17H2,1H3,(H,18,20). The third-order valence-corrected chi connectivity index (χ3v) is 3.69. The Morgan fingerprint density at radius 1 is 1.55 bits per heavy atom. The van der Waals surface area contributed by atoms with Crippen LogP contribution >= 0.6 is 0 Å². The number of amides is 2. The van der Waals surface area contributed by atoms with Crippen molar-refractivity contribution < 1.29 is 18.7 Å². The molecule has 1 aromatic carbocycles. The molecular formula is C15H20FN3O3. The van der Waals surface area contributed by atoms with Gasteiger partial charge in [-0.25, -0.2) is 4.39 Å². The summed E-state index contributed by atoms with van der Waals surface area (Å²) in [5.74, 6) is -1.06. The number of para-hydroxylation sites is 1. The van der Waals surface area contributed by atoms with Gasteiger partial charge in [0.15, 0.2) is 0 Å². The van der Waals surface area contributed by atoms with Crippen LogP contribution in [0.2, 0.25) is 0 Å². The Hall–Kier alpha value is -1.99. The smallest absolute Gasteiger partial charge is 0.249 e. The monoisotopic (exact) mass is 309 g/mol. The second kappa shape index (κ2) is 7.33. The van der Waals surface area contributed by atoms with Crippen molar-refractivity contribution in [1.82, 2.24) is 5.32 Å². The van der Waals surface area contributed by atoms with Gasteiger partial charge in [0.25, 0.3) is 0 Å². The summed E-state index contributed by atoms with van der Waals surface area (Å²) in [6.45, 7) is 0.596. The fourth-order valence-electron chi connectivity index (χ4n) is 2.45. The summed E-state index contributed by atoms with van der Waals surface area (Å²) >= 11 is 0. The first-order chi connectivity index (χ1) is 10.6. The highest BCUT2D eigenvalue weighted by Crippen LogP contribution is 2.24. The first-order valence-corrected chi connectivity index (χ1v) is 7.15. The quantitative estimate of drug-likeness (QED) is 0.797. The molecule has 1 fully saturated rings. The van der Waals surface area contributed by atoms with Gasteiger partial charge >= 0.3 is 0 Å². The van der Waals surface area contributed by atoms with Gasteiger partial charge in [0.1, 0.15) is 11.9 Å². The summed E-state index contributed by atoms with van der Waals surface area (Å²) in [6.07, 6.45) is 0.162. The third-order valence-electron chi connectivity index (χ3n) is 3.69. The SMILES string of the molecule is COC(CN)CC(=O)NC1CCN(c2ccccc2F)C1=O. The predicted molar refractivity (Wildman–Crippen MR) is 79.8 cm³/mol. The summed E-state index contributed by atoms with van der Waals surface area (Å²) in [6, 6.07) is 5.45. The van der Waals surface area contributed by atoms with Crippen molar-refractivity contribution in [2.45, 2.75) is 25.0 Å². The Kier molecular flexibility index (Phi) is 5.46. The van der Waals surface area contributed by atoms with Crippen LogP contribution < -0.4 is 16.0 Å². The Morgan fingerprint density at radius 2 is 2.27 bits per heavy atom. The zero-order valence-corrected chi connectivity index (χ0v) is 12.4. The number of halogens is 1. The summed E-state index contributed by atoms with van der Waals surface area (Å²) in [5, 5.41) is 2.66. The van der Waals surface area contributed by atoms with E-state index in [-0.39, 0.29) is 36.6 Å². The second-order valence-corrected chi connectivity index (χ2v) is 5.15. The molecule has 1 saturated heterocycles. The molecule has 6 nitrogen and oxygen atoms in total. The molecule has 0 saturated carbocycles. The van der Waals surface area contributed by atoms with Gasteiger partial charge in [-0.1, -0.05) is 12.1 Å². The molecule has 1 aliphatic rings. The lowest BCUT2D eigenvalue weighted by Gasteiger charge is -2.18. The number of methoxy groups -OCH3 is 1. The highest BCUT2D eigenvalue weighted by Gasteiger charge is 2.34. The van der Waals surface area contributed by atoms with Crippen LogP contribution in [0.25, 0.3) is 0 Å². The van der Waals surface area contributed by atoms with Gasteiger partial charge in [-0.2, -0.15) is 0 Å². The Labute approximate surface area is 128 Å². The molecule has 120 valence electrons. The van der Waals surface area contributed by atoms with Crippen LogP contribution in [0.15, 0.2) is 24.3 Å². The zero-order chi connectivity index (χ0) is 16.1. The lowest BCUT2D eigenvalue weighted by Crippen LogP contribution is -2.43. The minimum atomic E-state index is -0.637. The van der Waals surface area contributed by atoms with Gasteiger partial charge < -0.3 is 20.7 Å². The van der Waals surface area contributed by atoms with E-state index < -0.39 is 11.9 Å². The summed E-state index contributed by atoms with van der Waals surface area (Å²) in [4.78, 5) is 25.6. The van der Waals surface area contributed by atoms with Gasteiger partial charge in [-0.3, -0.25) is 9.59 Å². The molecule has 3 N–H and O–H groups in total. The zero-order valence-electron chi connectivity index (χ0n) is 12.4. The van der Waals surface area contributed by atoms with Crippen LogP contribution in [-0.2, 0) is 14.3 Å². The molecule has 2 rings (SSSR count). The number of carbonyl (C=O) groups is 2. The number of carbonyl (C=O) groups excluding carboxylic acids is 2. The van der Waals surface area contributed by atoms with Crippen molar-refractivity contribution in [2.75, 3.05) is 25.1 Å². The molecule has 22 heavy (non-hydrogen) atoms. The number of benzene rings is 1. The van der Waals surface area contributed by atoms with Gasteiger partial charge in [-0.05, 0) is 18.6 Å². The normalized spacial score (nSPS) is 19.3. The second-order valence-electron chi connectivity index (χ2n) is 5.15. The lowest BCUT2D eigenvalue weighted by atomic mass is 10.2. The molecule has 0 radical (unpaired) electrons. The number of nitrogens with zero attached hydrogens (tertiary/aromatic N) is 1. The fraction of sp³-hybridized carbons (Fsp3) is 0.467. The fourth-order valence-corrected chi connectivity index (χ4v) is 2.45. The van der Waals surface area contributed by atoms with E-state index in [2.05, 4.69) is 5.32 Å². The molecule has 1 aliphatic heterocycles. The van der Waals surface area contributed by atoms with Crippen LogP contribution in [0, 0.1) is 5.82 Å². The van der Waals surface area contributed by atoms with E-state index in [1.807, 2.05) is 0 Å². The average Bonchev–Trinajstić information content (AvgIpc) is 2.86. The molecule has 0 spiro atoms. The number of hydrogen-bond acceptors (Lipinski definition) is 4. The van der Waals surface area contributed by atoms with E-state index in [1.165, 1.54) is 18.1 Å². The van der Waals surface area contributed by atoms with Gasteiger partial charge in [0.2, 0.25) is 11.8 Å². The molecule has 0 aliphatic carbocycles. The van der Waals surface area contributed by atoms with E-state index in [0.717, 1.165) is 0 Å². The maximum atomic E-state index is 13.8. The van der Waals surface area contributed by atoms with Crippen LogP contribution in [0.4, 0.5) is 10.1 Å². The largest absolute Gasteiger partial charge is 0.380 e. The number of nitrogens with one attached hydrogen (secondary N) is 1. The van der Waals surface area contributed by atoms with Crippen molar-refractivity contribution in [3.05, 3.63) is 30.1 Å². The summed E-state index contributed by atoms with van der Waals surface area (Å²) < 4.78 is 18.8. The van der Waals surface area contributed by atoms with Crippen LogP contribution in [0.5, 0.6) is 0 Å². The molecule has 1 heterocycles. The molecule has 7 heteroatoms. The molecular weight excluding hydrogens is 289 g/mol. The first-order valence-electron chi connectivity index (χ1n) is 7.15. The van der Waals surface area contributed by atoms with Gasteiger partial charge in [0, 0.05) is 20.2 Å². The van der Waals surface area contributed by atoms with Crippen LogP contribution in [-0.4, -0.2) is 44.2 Å². The van der Waals surface area contributed by atoms with E-state index >= 15 is 0 Å². The summed E-state index contributed by atoms with van der Waals surface area (Å²) in [7, 11) is 1.48. The number of ether oxygens (including phenoxy) is 1. The average molecular weight is 309 g/mol. The Balaban J connectivity index is 1.97. The van der Waals surface area contributed by atoms with Gasteiger partial charge in [0.05, 0.1) is 18.2 Å².